The van der Waals surface area contributed by atoms with Gasteiger partial charge in [-0.3, -0.25) is 14.5 Å². The van der Waals surface area contributed by atoms with E-state index in [1.54, 1.807) is 47.1 Å². The number of rotatable bonds is 5. The van der Waals surface area contributed by atoms with Gasteiger partial charge >= 0.3 is 0 Å². The molecule has 0 aliphatic carbocycles. The van der Waals surface area contributed by atoms with Crippen LogP contribution < -0.4 is 10.3 Å². The highest BCUT2D eigenvalue weighted by molar-refractivity contribution is 14.1. The lowest BCUT2D eigenvalue weighted by atomic mass is 10.1. The molecule has 0 aromatic heterocycles. The molecule has 1 fully saturated rings. The van der Waals surface area contributed by atoms with Crippen LogP contribution in [0.15, 0.2) is 84.0 Å². The summed E-state index contributed by atoms with van der Waals surface area (Å²) in [6.45, 7) is 0. The molecule has 3 aromatic rings. The second-order valence-electron chi connectivity index (χ2n) is 6.61. The molecule has 0 radical (unpaired) electrons. The first-order chi connectivity index (χ1) is 14.6. The Balaban J connectivity index is 1.46. The van der Waals surface area contributed by atoms with Gasteiger partial charge in [0.1, 0.15) is 5.37 Å². The Morgan fingerprint density at radius 2 is 1.73 bits per heavy atom. The first kappa shape index (κ1) is 20.6. The number of carbonyl (C=O) groups excluding carboxylic acids is 2. The SMILES string of the molecule is O=C(N/N=C/c1ccccc1I)c1ccc(N2C(=O)CSC2c2ccccc2)cc1. The van der Waals surface area contributed by atoms with Gasteiger partial charge in [-0.05, 0) is 58.5 Å². The number of anilines is 1. The largest absolute Gasteiger partial charge is 0.295 e. The minimum absolute atomic E-state index is 0.0590. The number of nitrogens with one attached hydrogen (secondary N) is 1. The van der Waals surface area contributed by atoms with Crippen LogP contribution >= 0.6 is 34.4 Å². The van der Waals surface area contributed by atoms with Gasteiger partial charge in [0.05, 0.1) is 12.0 Å². The van der Waals surface area contributed by atoms with Crippen molar-refractivity contribution in [2.24, 2.45) is 5.10 Å². The van der Waals surface area contributed by atoms with Crippen molar-refractivity contribution in [1.82, 2.24) is 5.43 Å². The Hall–Kier alpha value is -2.65. The van der Waals surface area contributed by atoms with Crippen molar-refractivity contribution in [2.75, 3.05) is 10.7 Å². The van der Waals surface area contributed by atoms with Crippen molar-refractivity contribution in [3.8, 4) is 0 Å². The topological polar surface area (TPSA) is 61.8 Å². The summed E-state index contributed by atoms with van der Waals surface area (Å²) in [5.41, 5.74) is 5.83. The first-order valence-electron chi connectivity index (χ1n) is 9.30. The van der Waals surface area contributed by atoms with Crippen LogP contribution in [0.2, 0.25) is 0 Å². The molecule has 3 aromatic carbocycles. The Labute approximate surface area is 192 Å². The van der Waals surface area contributed by atoms with Crippen molar-refractivity contribution in [2.45, 2.75) is 5.37 Å². The molecule has 5 nitrogen and oxygen atoms in total. The number of nitrogens with zero attached hydrogens (tertiary/aromatic N) is 2. The van der Waals surface area contributed by atoms with Gasteiger partial charge in [-0.25, -0.2) is 5.43 Å². The maximum Gasteiger partial charge on any atom is 0.271 e. The molecule has 150 valence electrons. The number of hydrazone groups is 1. The summed E-state index contributed by atoms with van der Waals surface area (Å²) in [5.74, 6) is 0.202. The fourth-order valence-corrected chi connectivity index (χ4v) is 4.85. The number of carbonyl (C=O) groups is 2. The van der Waals surface area contributed by atoms with Crippen LogP contribution in [0.3, 0.4) is 0 Å². The van der Waals surface area contributed by atoms with E-state index in [2.05, 4.69) is 33.1 Å². The lowest BCUT2D eigenvalue weighted by Crippen LogP contribution is -2.28. The molecular weight excluding hydrogens is 509 g/mol. The average Bonchev–Trinajstić information content (AvgIpc) is 3.17. The fourth-order valence-electron chi connectivity index (χ4n) is 3.15. The van der Waals surface area contributed by atoms with Gasteiger partial charge in [-0.1, -0.05) is 48.5 Å². The smallest absolute Gasteiger partial charge is 0.271 e. The third kappa shape index (κ3) is 4.57. The van der Waals surface area contributed by atoms with Crippen LogP contribution in [-0.2, 0) is 4.79 Å². The van der Waals surface area contributed by atoms with Crippen LogP contribution in [-0.4, -0.2) is 23.8 Å². The lowest BCUT2D eigenvalue weighted by molar-refractivity contribution is -0.115. The fraction of sp³-hybridized carbons (Fsp3) is 0.0870. The van der Waals surface area contributed by atoms with Gasteiger partial charge in [0.15, 0.2) is 0 Å². The Kier molecular flexibility index (Phi) is 6.49. The van der Waals surface area contributed by atoms with E-state index in [0.717, 1.165) is 20.4 Å². The average molecular weight is 527 g/mol. The summed E-state index contributed by atoms with van der Waals surface area (Å²) < 4.78 is 1.05. The van der Waals surface area contributed by atoms with E-state index in [-0.39, 0.29) is 17.2 Å². The van der Waals surface area contributed by atoms with Crippen molar-refractivity contribution < 1.29 is 9.59 Å². The zero-order valence-electron chi connectivity index (χ0n) is 15.9. The number of halogens is 1. The van der Waals surface area contributed by atoms with Crippen LogP contribution in [0.1, 0.15) is 26.9 Å². The molecule has 1 saturated heterocycles. The predicted octanol–water partition coefficient (Wildman–Crippen LogP) is 4.83. The van der Waals surface area contributed by atoms with Gasteiger partial charge in [-0.2, -0.15) is 5.10 Å². The number of benzene rings is 3. The molecule has 2 amide bonds. The molecule has 30 heavy (non-hydrogen) atoms. The maximum absolute atomic E-state index is 12.5. The van der Waals surface area contributed by atoms with Gasteiger partial charge in [-0.15, -0.1) is 11.8 Å². The van der Waals surface area contributed by atoms with Crippen LogP contribution in [0.25, 0.3) is 0 Å². The molecular formula is C23H18IN3O2S. The number of amides is 2. The van der Waals surface area contributed by atoms with Gasteiger partial charge in [0, 0.05) is 20.4 Å². The van der Waals surface area contributed by atoms with E-state index in [1.165, 1.54) is 0 Å². The predicted molar refractivity (Wildman–Crippen MR) is 130 cm³/mol. The standard InChI is InChI=1S/C23H18IN3O2S/c24-20-9-5-4-8-18(20)14-25-26-22(29)16-10-12-19(13-11-16)27-21(28)15-30-23(27)17-6-2-1-3-7-17/h1-14,23H,15H2,(H,26,29)/b25-14+. The van der Waals surface area contributed by atoms with Gasteiger partial charge in [0.25, 0.3) is 5.91 Å². The third-order valence-corrected chi connectivity index (χ3v) is 6.83. The molecule has 0 saturated carbocycles. The maximum atomic E-state index is 12.5. The van der Waals surface area contributed by atoms with E-state index in [0.29, 0.717) is 11.3 Å². The molecule has 1 unspecified atom stereocenters. The molecule has 1 aliphatic heterocycles. The summed E-state index contributed by atoms with van der Waals surface area (Å²) in [7, 11) is 0. The second-order valence-corrected chi connectivity index (χ2v) is 8.84. The van der Waals surface area contributed by atoms with E-state index < -0.39 is 0 Å². The van der Waals surface area contributed by atoms with E-state index >= 15 is 0 Å². The van der Waals surface area contributed by atoms with E-state index in [4.69, 9.17) is 0 Å². The highest BCUT2D eigenvalue weighted by atomic mass is 127. The zero-order chi connectivity index (χ0) is 20.9. The molecule has 7 heteroatoms. The first-order valence-corrected chi connectivity index (χ1v) is 11.4. The van der Waals surface area contributed by atoms with Crippen LogP contribution in [0.5, 0.6) is 0 Å². The Morgan fingerprint density at radius 3 is 2.47 bits per heavy atom. The van der Waals surface area contributed by atoms with Gasteiger partial charge in [0.2, 0.25) is 5.91 Å². The zero-order valence-corrected chi connectivity index (χ0v) is 18.8. The molecule has 1 N–H and O–H groups in total. The summed E-state index contributed by atoms with van der Waals surface area (Å²) in [6, 6.07) is 24.8. The van der Waals surface area contributed by atoms with Crippen molar-refractivity contribution >= 4 is 58.1 Å². The molecule has 1 atom stereocenters. The molecule has 1 aliphatic rings. The molecule has 4 rings (SSSR count). The van der Waals surface area contributed by atoms with E-state index in [1.807, 2.05) is 54.6 Å². The highest BCUT2D eigenvalue weighted by Gasteiger charge is 2.33. The van der Waals surface area contributed by atoms with Gasteiger partial charge < -0.3 is 0 Å². The summed E-state index contributed by atoms with van der Waals surface area (Å²) in [4.78, 5) is 26.7. The van der Waals surface area contributed by atoms with Crippen LogP contribution in [0, 0.1) is 3.57 Å². The van der Waals surface area contributed by atoms with Crippen molar-refractivity contribution in [1.29, 1.82) is 0 Å². The van der Waals surface area contributed by atoms with Crippen molar-refractivity contribution in [3.63, 3.8) is 0 Å². The van der Waals surface area contributed by atoms with Crippen LogP contribution in [0.4, 0.5) is 5.69 Å². The molecule has 1 heterocycles. The quantitative estimate of drug-likeness (QED) is 0.294. The second kappa shape index (κ2) is 9.44. The normalized spacial score (nSPS) is 16.2. The Morgan fingerprint density at radius 1 is 1.03 bits per heavy atom. The molecule has 0 spiro atoms. The summed E-state index contributed by atoms with van der Waals surface area (Å²) in [6.07, 6.45) is 1.62. The minimum atomic E-state index is -0.300. The van der Waals surface area contributed by atoms with Crippen molar-refractivity contribution in [3.05, 3.63) is 99.1 Å². The number of thioether (sulfide) groups is 1. The summed E-state index contributed by atoms with van der Waals surface area (Å²) in [5, 5.41) is 3.99. The lowest BCUT2D eigenvalue weighted by Gasteiger charge is -2.24. The summed E-state index contributed by atoms with van der Waals surface area (Å²) >= 11 is 3.82. The molecule has 0 bridgehead atoms. The number of hydrogen-bond donors (Lipinski definition) is 1. The van der Waals surface area contributed by atoms with E-state index in [9.17, 15) is 9.59 Å². The Bertz CT molecular complexity index is 1090. The highest BCUT2D eigenvalue weighted by Crippen LogP contribution is 2.41. The third-order valence-electron chi connectivity index (χ3n) is 4.64. The number of hydrogen-bond acceptors (Lipinski definition) is 4. The monoisotopic (exact) mass is 527 g/mol. The minimum Gasteiger partial charge on any atom is -0.295 e.